The molecule has 0 fully saturated rings. The minimum absolute atomic E-state index is 0.106. The molecule has 5 nitrogen and oxygen atoms in total. The Balaban J connectivity index is 2.09. The van der Waals surface area contributed by atoms with Crippen LogP contribution in [0.1, 0.15) is 25.3 Å². The maximum Gasteiger partial charge on any atom is 0.179 e. The molecule has 22 heavy (non-hydrogen) atoms. The summed E-state index contributed by atoms with van der Waals surface area (Å²) in [4.78, 5) is 0. The Morgan fingerprint density at radius 1 is 1.36 bits per heavy atom. The number of hydrogen-bond acceptors (Lipinski definition) is 5. The molecule has 1 aromatic rings. The average molecular weight is 330 g/mol. The SMILES string of the molecule is COC[C@@](C)(CCO)NCc1cc(Cl)c2c(c1)OCCCO2. The molecule has 0 radical (unpaired) electrons. The lowest BCUT2D eigenvalue weighted by Gasteiger charge is -2.30. The molecule has 0 saturated heterocycles. The zero-order valence-electron chi connectivity index (χ0n) is 13.2. The van der Waals surface area contributed by atoms with Gasteiger partial charge >= 0.3 is 0 Å². The molecule has 0 aromatic heterocycles. The number of aliphatic hydroxyl groups excluding tert-OH is 1. The molecule has 0 aliphatic carbocycles. The smallest absolute Gasteiger partial charge is 0.179 e. The molecule has 2 rings (SSSR count). The molecule has 1 aliphatic rings. The van der Waals surface area contributed by atoms with Crippen molar-refractivity contribution in [2.45, 2.75) is 31.8 Å². The fourth-order valence-corrected chi connectivity index (χ4v) is 2.77. The number of benzene rings is 1. The summed E-state index contributed by atoms with van der Waals surface area (Å²) in [5, 5.41) is 13.2. The van der Waals surface area contributed by atoms with Crippen molar-refractivity contribution in [1.29, 1.82) is 0 Å². The van der Waals surface area contributed by atoms with Crippen LogP contribution in [0, 0.1) is 0 Å². The quantitative estimate of drug-likeness (QED) is 0.804. The van der Waals surface area contributed by atoms with Crippen molar-refractivity contribution in [3.05, 3.63) is 22.7 Å². The molecule has 1 heterocycles. The molecule has 6 heteroatoms. The van der Waals surface area contributed by atoms with E-state index in [0.717, 1.165) is 12.0 Å². The molecule has 1 aromatic carbocycles. The highest BCUT2D eigenvalue weighted by atomic mass is 35.5. The van der Waals surface area contributed by atoms with Crippen LogP contribution in [0.3, 0.4) is 0 Å². The summed E-state index contributed by atoms with van der Waals surface area (Å²) < 4.78 is 16.6. The summed E-state index contributed by atoms with van der Waals surface area (Å²) in [6, 6.07) is 3.83. The molecular weight excluding hydrogens is 306 g/mol. The maximum absolute atomic E-state index is 9.21. The van der Waals surface area contributed by atoms with Crippen molar-refractivity contribution in [1.82, 2.24) is 5.32 Å². The van der Waals surface area contributed by atoms with Crippen LogP contribution in [-0.2, 0) is 11.3 Å². The molecule has 0 amide bonds. The van der Waals surface area contributed by atoms with Gasteiger partial charge in [-0.25, -0.2) is 0 Å². The topological polar surface area (TPSA) is 60.0 Å². The van der Waals surface area contributed by atoms with Gasteiger partial charge in [0.15, 0.2) is 11.5 Å². The maximum atomic E-state index is 9.21. The Morgan fingerprint density at radius 2 is 2.14 bits per heavy atom. The van der Waals surface area contributed by atoms with Crippen molar-refractivity contribution in [3.8, 4) is 11.5 Å². The van der Waals surface area contributed by atoms with Crippen LogP contribution >= 0.6 is 11.6 Å². The summed E-state index contributed by atoms with van der Waals surface area (Å²) in [6.45, 7) is 4.51. The molecule has 0 saturated carbocycles. The third kappa shape index (κ3) is 4.49. The molecule has 0 spiro atoms. The van der Waals surface area contributed by atoms with Gasteiger partial charge < -0.3 is 24.6 Å². The second kappa shape index (κ2) is 8.02. The lowest BCUT2D eigenvalue weighted by atomic mass is 9.99. The van der Waals surface area contributed by atoms with Gasteiger partial charge in [0, 0.05) is 32.2 Å². The molecular formula is C16H24ClNO4. The first-order chi connectivity index (χ1) is 10.6. The van der Waals surface area contributed by atoms with Gasteiger partial charge in [-0.2, -0.15) is 0 Å². The van der Waals surface area contributed by atoms with Crippen molar-refractivity contribution in [2.75, 3.05) is 33.5 Å². The summed E-state index contributed by atoms with van der Waals surface area (Å²) in [5.74, 6) is 1.32. The van der Waals surface area contributed by atoms with Crippen molar-refractivity contribution in [2.24, 2.45) is 0 Å². The third-order valence-electron chi connectivity index (χ3n) is 3.71. The average Bonchev–Trinajstić information content (AvgIpc) is 2.71. The highest BCUT2D eigenvalue weighted by Gasteiger charge is 2.23. The second-order valence-corrected chi connectivity index (χ2v) is 6.18. The predicted molar refractivity (Wildman–Crippen MR) is 85.9 cm³/mol. The Kier molecular flexibility index (Phi) is 6.32. The third-order valence-corrected chi connectivity index (χ3v) is 3.99. The van der Waals surface area contributed by atoms with Gasteiger partial charge in [-0.1, -0.05) is 11.6 Å². The van der Waals surface area contributed by atoms with E-state index in [1.165, 1.54) is 0 Å². The number of hydrogen-bond donors (Lipinski definition) is 2. The fraction of sp³-hybridized carbons (Fsp3) is 0.625. The summed E-state index contributed by atoms with van der Waals surface area (Å²) in [7, 11) is 1.65. The van der Waals surface area contributed by atoms with E-state index in [-0.39, 0.29) is 12.1 Å². The predicted octanol–water partition coefficient (Wildman–Crippen LogP) is 2.38. The first-order valence-corrected chi connectivity index (χ1v) is 7.88. The second-order valence-electron chi connectivity index (χ2n) is 5.78. The van der Waals surface area contributed by atoms with Crippen LogP contribution in [-0.4, -0.2) is 44.2 Å². The van der Waals surface area contributed by atoms with E-state index in [2.05, 4.69) is 5.32 Å². The van der Waals surface area contributed by atoms with Crippen LogP contribution in [0.25, 0.3) is 0 Å². The van der Waals surface area contributed by atoms with Gasteiger partial charge in [0.2, 0.25) is 0 Å². The lowest BCUT2D eigenvalue weighted by Crippen LogP contribution is -2.46. The van der Waals surface area contributed by atoms with Crippen LogP contribution in [0.5, 0.6) is 11.5 Å². The summed E-state index contributed by atoms with van der Waals surface area (Å²) >= 11 is 6.29. The van der Waals surface area contributed by atoms with Crippen LogP contribution in [0.4, 0.5) is 0 Å². The molecule has 1 aliphatic heterocycles. The molecule has 1 atom stereocenters. The fourth-order valence-electron chi connectivity index (χ4n) is 2.48. The van der Waals surface area contributed by atoms with E-state index < -0.39 is 0 Å². The molecule has 0 bridgehead atoms. The summed E-state index contributed by atoms with van der Waals surface area (Å²) in [5.41, 5.74) is 0.717. The zero-order chi connectivity index (χ0) is 16.0. The Morgan fingerprint density at radius 3 is 2.86 bits per heavy atom. The van der Waals surface area contributed by atoms with Gasteiger partial charge in [-0.05, 0) is 31.0 Å². The largest absolute Gasteiger partial charge is 0.489 e. The number of methoxy groups -OCH3 is 1. The Hall–Kier alpha value is -1.01. The van der Waals surface area contributed by atoms with E-state index in [1.54, 1.807) is 7.11 Å². The minimum atomic E-state index is -0.292. The lowest BCUT2D eigenvalue weighted by molar-refractivity contribution is 0.0969. The highest BCUT2D eigenvalue weighted by Crippen LogP contribution is 2.38. The molecule has 0 unspecified atom stereocenters. The normalized spacial score (nSPS) is 16.9. The Labute approximate surface area is 136 Å². The van der Waals surface area contributed by atoms with Crippen LogP contribution in [0.2, 0.25) is 5.02 Å². The van der Waals surface area contributed by atoms with Crippen molar-refractivity contribution < 1.29 is 19.3 Å². The number of ether oxygens (including phenoxy) is 3. The monoisotopic (exact) mass is 329 g/mol. The van der Waals surface area contributed by atoms with Gasteiger partial charge in [-0.3, -0.25) is 0 Å². The van der Waals surface area contributed by atoms with E-state index in [9.17, 15) is 5.11 Å². The molecule has 2 N–H and O–H groups in total. The van der Waals surface area contributed by atoms with Gasteiger partial charge in [0.05, 0.1) is 24.8 Å². The van der Waals surface area contributed by atoms with Crippen LogP contribution < -0.4 is 14.8 Å². The zero-order valence-corrected chi connectivity index (χ0v) is 13.9. The number of fused-ring (bicyclic) bond motifs is 1. The first-order valence-electron chi connectivity index (χ1n) is 7.51. The summed E-state index contributed by atoms with van der Waals surface area (Å²) in [6.07, 6.45) is 1.46. The van der Waals surface area contributed by atoms with Gasteiger partial charge in [0.1, 0.15) is 0 Å². The van der Waals surface area contributed by atoms with Crippen molar-refractivity contribution >= 4 is 11.6 Å². The number of aliphatic hydroxyl groups is 1. The van der Waals surface area contributed by atoms with Gasteiger partial charge in [0.25, 0.3) is 0 Å². The minimum Gasteiger partial charge on any atom is -0.489 e. The highest BCUT2D eigenvalue weighted by molar-refractivity contribution is 6.32. The first kappa shape index (κ1) is 17.3. The molecule has 124 valence electrons. The number of nitrogens with one attached hydrogen (secondary N) is 1. The van der Waals surface area contributed by atoms with Crippen LogP contribution in [0.15, 0.2) is 12.1 Å². The number of halogens is 1. The van der Waals surface area contributed by atoms with Crippen molar-refractivity contribution in [3.63, 3.8) is 0 Å². The van der Waals surface area contributed by atoms with E-state index in [1.807, 2.05) is 19.1 Å². The Bertz CT molecular complexity index is 489. The number of rotatable bonds is 7. The van der Waals surface area contributed by atoms with E-state index in [0.29, 0.717) is 49.3 Å². The van der Waals surface area contributed by atoms with E-state index >= 15 is 0 Å². The van der Waals surface area contributed by atoms with Gasteiger partial charge in [-0.15, -0.1) is 0 Å². The standard InChI is InChI=1S/C16H24ClNO4/c1-16(4-5-19,11-20-2)18-10-12-8-13(17)15-14(9-12)21-6-3-7-22-15/h8-9,18-19H,3-7,10-11H2,1-2H3/t16-/m1/s1. The van der Waals surface area contributed by atoms with E-state index in [4.69, 9.17) is 25.8 Å².